The number of carboxylic acid groups (broad SMARTS) is 1. The molecule has 0 amide bonds. The van der Waals surface area contributed by atoms with Gasteiger partial charge in [-0.15, -0.1) is 0 Å². The quantitative estimate of drug-likeness (QED) is 0.790. The predicted molar refractivity (Wildman–Crippen MR) is 74.4 cm³/mol. The molecule has 1 aromatic heterocycles. The smallest absolute Gasteiger partial charge is 0.336 e. The largest absolute Gasteiger partial charge is 0.478 e. The topological polar surface area (TPSA) is 42.2 Å². The lowest BCUT2D eigenvalue weighted by Gasteiger charge is -2.09. The number of carbonyl (C=O) groups is 1. The van der Waals surface area contributed by atoms with Crippen LogP contribution in [0.1, 0.15) is 15.9 Å². The number of aromatic carboxylic acids is 1. The van der Waals surface area contributed by atoms with E-state index in [4.69, 9.17) is 5.11 Å². The number of rotatable bonds is 3. The molecule has 3 aromatic rings. The van der Waals surface area contributed by atoms with Crippen LogP contribution in [0.25, 0.3) is 10.9 Å². The number of nitrogens with zero attached hydrogens (tertiary/aromatic N) is 1. The van der Waals surface area contributed by atoms with E-state index >= 15 is 0 Å². The fourth-order valence-electron chi connectivity index (χ4n) is 2.36. The first-order valence-corrected chi connectivity index (χ1v) is 6.21. The fourth-order valence-corrected chi connectivity index (χ4v) is 2.36. The minimum atomic E-state index is -1.04. The Morgan fingerprint density at radius 3 is 2.75 bits per heavy atom. The van der Waals surface area contributed by atoms with E-state index in [1.807, 2.05) is 41.1 Å². The molecule has 4 heteroatoms. The second-order valence-corrected chi connectivity index (χ2v) is 4.61. The summed E-state index contributed by atoms with van der Waals surface area (Å²) in [7, 11) is 0. The minimum absolute atomic E-state index is 0.129. The van der Waals surface area contributed by atoms with Crippen LogP contribution in [0.2, 0.25) is 0 Å². The summed E-state index contributed by atoms with van der Waals surface area (Å²) in [6.45, 7) is 0.326. The molecular formula is C16H12FNO2. The maximum Gasteiger partial charge on any atom is 0.336 e. The number of fused-ring (bicyclic) bond motifs is 1. The van der Waals surface area contributed by atoms with E-state index in [2.05, 4.69) is 0 Å². The first kappa shape index (κ1) is 12.4. The molecule has 0 bridgehead atoms. The van der Waals surface area contributed by atoms with Gasteiger partial charge in [0, 0.05) is 18.3 Å². The molecule has 0 atom stereocenters. The molecule has 0 saturated heterocycles. The Labute approximate surface area is 114 Å². The number of carboxylic acids is 1. The lowest BCUT2D eigenvalue weighted by atomic mass is 10.1. The lowest BCUT2D eigenvalue weighted by molar-refractivity contribution is 0.0695. The van der Waals surface area contributed by atoms with Gasteiger partial charge in [-0.25, -0.2) is 9.18 Å². The summed E-state index contributed by atoms with van der Waals surface area (Å²) < 4.78 is 15.3. The first-order valence-electron chi connectivity index (χ1n) is 6.21. The Morgan fingerprint density at radius 2 is 1.95 bits per heavy atom. The third kappa shape index (κ3) is 2.16. The summed E-state index contributed by atoms with van der Waals surface area (Å²) in [5.74, 6) is -1.47. The maximum atomic E-state index is 13.4. The molecular weight excluding hydrogens is 257 g/mol. The second kappa shape index (κ2) is 4.81. The van der Waals surface area contributed by atoms with Crippen LogP contribution >= 0.6 is 0 Å². The Kier molecular flexibility index (Phi) is 2.99. The summed E-state index contributed by atoms with van der Waals surface area (Å²) in [5, 5.41) is 10.2. The van der Waals surface area contributed by atoms with Gasteiger partial charge in [-0.1, -0.05) is 18.2 Å². The number of benzene rings is 2. The summed E-state index contributed by atoms with van der Waals surface area (Å²) in [5.41, 5.74) is 1.58. The Hall–Kier alpha value is -2.62. The van der Waals surface area contributed by atoms with Gasteiger partial charge >= 0.3 is 5.97 Å². The molecule has 3 rings (SSSR count). The molecule has 100 valence electrons. The van der Waals surface area contributed by atoms with E-state index in [0.717, 1.165) is 10.9 Å². The Morgan fingerprint density at radius 1 is 1.15 bits per heavy atom. The molecule has 0 fully saturated rings. The van der Waals surface area contributed by atoms with Crippen molar-refractivity contribution in [2.75, 3.05) is 0 Å². The van der Waals surface area contributed by atoms with Crippen LogP contribution < -0.4 is 0 Å². The molecule has 0 radical (unpaired) electrons. The van der Waals surface area contributed by atoms with Gasteiger partial charge in [0.15, 0.2) is 0 Å². The Balaban J connectivity index is 2.07. The zero-order valence-electron chi connectivity index (χ0n) is 10.6. The van der Waals surface area contributed by atoms with Crippen LogP contribution in [0, 0.1) is 5.82 Å². The number of aromatic nitrogens is 1. The van der Waals surface area contributed by atoms with Gasteiger partial charge in [0.25, 0.3) is 0 Å². The van der Waals surface area contributed by atoms with Crippen molar-refractivity contribution < 1.29 is 14.3 Å². The van der Waals surface area contributed by atoms with Crippen molar-refractivity contribution in [1.82, 2.24) is 4.57 Å². The van der Waals surface area contributed by atoms with Gasteiger partial charge in [-0.05, 0) is 41.3 Å². The molecule has 3 nitrogen and oxygen atoms in total. The highest BCUT2D eigenvalue weighted by Crippen LogP contribution is 2.19. The van der Waals surface area contributed by atoms with E-state index < -0.39 is 11.8 Å². The number of hydrogen-bond acceptors (Lipinski definition) is 1. The number of halogens is 1. The van der Waals surface area contributed by atoms with Crippen molar-refractivity contribution in [2.24, 2.45) is 0 Å². The van der Waals surface area contributed by atoms with Crippen molar-refractivity contribution in [1.29, 1.82) is 0 Å². The van der Waals surface area contributed by atoms with Gasteiger partial charge in [0.1, 0.15) is 5.82 Å². The maximum absolute atomic E-state index is 13.4. The van der Waals surface area contributed by atoms with Crippen molar-refractivity contribution in [3.63, 3.8) is 0 Å². The highest BCUT2D eigenvalue weighted by atomic mass is 19.1. The number of para-hydroxylation sites is 1. The SMILES string of the molecule is O=C(O)c1ccc(F)cc1Cn1ccc2ccccc21. The second-order valence-electron chi connectivity index (χ2n) is 4.61. The first-order chi connectivity index (χ1) is 9.65. The van der Waals surface area contributed by atoms with Crippen molar-refractivity contribution in [3.8, 4) is 0 Å². The minimum Gasteiger partial charge on any atom is -0.478 e. The normalized spacial score (nSPS) is 10.8. The van der Waals surface area contributed by atoms with Crippen LogP contribution in [0.3, 0.4) is 0 Å². The van der Waals surface area contributed by atoms with Crippen LogP contribution in [0.15, 0.2) is 54.7 Å². The standard InChI is InChI=1S/C16H12FNO2/c17-13-5-6-14(16(19)20)12(9-13)10-18-8-7-11-3-1-2-4-15(11)18/h1-9H,10H2,(H,19,20). The van der Waals surface area contributed by atoms with Gasteiger partial charge in [-0.3, -0.25) is 0 Å². The van der Waals surface area contributed by atoms with Crippen molar-refractivity contribution in [2.45, 2.75) is 6.54 Å². The van der Waals surface area contributed by atoms with Gasteiger partial charge in [-0.2, -0.15) is 0 Å². The van der Waals surface area contributed by atoms with Gasteiger partial charge in [0.05, 0.1) is 5.56 Å². The lowest BCUT2D eigenvalue weighted by Crippen LogP contribution is -2.07. The third-order valence-electron chi connectivity index (χ3n) is 3.32. The Bertz CT molecular complexity index is 792. The molecule has 2 aromatic carbocycles. The van der Waals surface area contributed by atoms with Gasteiger partial charge in [0.2, 0.25) is 0 Å². The molecule has 0 spiro atoms. The van der Waals surface area contributed by atoms with Crippen LogP contribution in [0.5, 0.6) is 0 Å². The zero-order valence-corrected chi connectivity index (χ0v) is 10.6. The van der Waals surface area contributed by atoms with Gasteiger partial charge < -0.3 is 9.67 Å². The average Bonchev–Trinajstić information content (AvgIpc) is 2.82. The summed E-state index contributed by atoms with van der Waals surface area (Å²) in [6.07, 6.45) is 1.88. The third-order valence-corrected chi connectivity index (χ3v) is 3.32. The summed E-state index contributed by atoms with van der Waals surface area (Å²) in [4.78, 5) is 11.2. The summed E-state index contributed by atoms with van der Waals surface area (Å²) in [6, 6.07) is 13.5. The molecule has 0 aliphatic rings. The fraction of sp³-hybridized carbons (Fsp3) is 0.0625. The molecule has 0 saturated carbocycles. The highest BCUT2D eigenvalue weighted by molar-refractivity contribution is 5.89. The molecule has 0 aliphatic heterocycles. The predicted octanol–water partition coefficient (Wildman–Crippen LogP) is 3.53. The van der Waals surface area contributed by atoms with E-state index in [0.29, 0.717) is 12.1 Å². The van der Waals surface area contributed by atoms with Crippen LogP contribution in [0.4, 0.5) is 4.39 Å². The molecule has 20 heavy (non-hydrogen) atoms. The van der Waals surface area contributed by atoms with Crippen LogP contribution in [-0.4, -0.2) is 15.6 Å². The van der Waals surface area contributed by atoms with E-state index in [-0.39, 0.29) is 5.56 Å². The molecule has 0 unspecified atom stereocenters. The molecule has 1 heterocycles. The monoisotopic (exact) mass is 269 g/mol. The molecule has 0 aliphatic carbocycles. The van der Waals surface area contributed by atoms with Crippen LogP contribution in [-0.2, 0) is 6.54 Å². The zero-order chi connectivity index (χ0) is 14.1. The highest BCUT2D eigenvalue weighted by Gasteiger charge is 2.12. The summed E-state index contributed by atoms with van der Waals surface area (Å²) >= 11 is 0. The van der Waals surface area contributed by atoms with Crippen molar-refractivity contribution >= 4 is 16.9 Å². The number of hydrogen-bond donors (Lipinski definition) is 1. The average molecular weight is 269 g/mol. The van der Waals surface area contributed by atoms with E-state index in [1.54, 1.807) is 0 Å². The van der Waals surface area contributed by atoms with E-state index in [9.17, 15) is 9.18 Å². The van der Waals surface area contributed by atoms with E-state index in [1.165, 1.54) is 18.2 Å². The molecule has 1 N–H and O–H groups in total. The van der Waals surface area contributed by atoms with Crippen molar-refractivity contribution in [3.05, 3.63) is 71.7 Å².